The van der Waals surface area contributed by atoms with Crippen molar-refractivity contribution in [2.75, 3.05) is 0 Å². The number of carbonyl (C=O) groups excluding carboxylic acids is 1. The van der Waals surface area contributed by atoms with Gasteiger partial charge in [0.05, 0.1) is 0 Å². The summed E-state index contributed by atoms with van der Waals surface area (Å²) < 4.78 is 5.32. The highest BCUT2D eigenvalue weighted by Gasteiger charge is 2.50. The second kappa shape index (κ2) is 4.18. The number of hydrogen-bond acceptors (Lipinski definition) is 2. The van der Waals surface area contributed by atoms with Gasteiger partial charge in [-0.25, -0.2) is 0 Å². The van der Waals surface area contributed by atoms with Crippen molar-refractivity contribution in [1.29, 1.82) is 0 Å². The standard InChI is InChI=1S/C11H18O2.H2P/c1-6-7(2)10-4-9(6)5-11(10)13-8(3)12;/h6-7,9-11H,4-5H2,1-3H3;1H2/q;-1. The van der Waals surface area contributed by atoms with Crippen molar-refractivity contribution in [1.82, 2.24) is 0 Å². The van der Waals surface area contributed by atoms with Gasteiger partial charge in [0.25, 0.3) is 0 Å². The zero-order valence-electron chi connectivity index (χ0n) is 9.19. The van der Waals surface area contributed by atoms with E-state index in [-0.39, 0.29) is 22.0 Å². The molecule has 3 heteroatoms. The van der Waals surface area contributed by atoms with Gasteiger partial charge in [0.1, 0.15) is 6.10 Å². The average molecular weight is 215 g/mol. The Hall–Kier alpha value is -0.100. The first-order valence-electron chi connectivity index (χ1n) is 5.26. The maximum absolute atomic E-state index is 10.8. The van der Waals surface area contributed by atoms with Crippen molar-refractivity contribution in [3.05, 3.63) is 0 Å². The predicted octanol–water partition coefficient (Wildman–Crippen LogP) is 2.56. The van der Waals surface area contributed by atoms with Gasteiger partial charge in [-0.15, -0.1) is 0 Å². The van der Waals surface area contributed by atoms with Crippen LogP contribution in [0.15, 0.2) is 0 Å². The van der Waals surface area contributed by atoms with Crippen LogP contribution in [-0.4, -0.2) is 12.1 Å². The summed E-state index contributed by atoms with van der Waals surface area (Å²) in [5.74, 6) is 2.91. The first-order chi connectivity index (χ1) is 6.09. The van der Waals surface area contributed by atoms with Crippen molar-refractivity contribution in [2.24, 2.45) is 23.7 Å². The maximum Gasteiger partial charge on any atom is 0.302 e. The Morgan fingerprint density at radius 2 is 1.86 bits per heavy atom. The first kappa shape index (κ1) is 12.0. The van der Waals surface area contributed by atoms with Crippen LogP contribution < -0.4 is 0 Å². The maximum atomic E-state index is 10.8. The van der Waals surface area contributed by atoms with Crippen molar-refractivity contribution in [3.8, 4) is 0 Å². The fourth-order valence-electron chi connectivity index (χ4n) is 3.22. The number of esters is 1. The zero-order chi connectivity index (χ0) is 9.59. The molecule has 0 aliphatic heterocycles. The van der Waals surface area contributed by atoms with Gasteiger partial charge in [-0.05, 0) is 36.5 Å². The summed E-state index contributed by atoms with van der Waals surface area (Å²) in [6, 6.07) is 0. The molecule has 0 aromatic heterocycles. The Morgan fingerprint density at radius 1 is 1.21 bits per heavy atom. The molecule has 5 atom stereocenters. The highest BCUT2D eigenvalue weighted by molar-refractivity contribution is 6.92. The van der Waals surface area contributed by atoms with E-state index in [4.69, 9.17) is 4.74 Å². The third-order valence-electron chi connectivity index (χ3n) is 4.15. The van der Waals surface area contributed by atoms with Crippen LogP contribution in [0.1, 0.15) is 33.6 Å². The molecular formula is C11H20O2P-. The molecule has 0 radical (unpaired) electrons. The Labute approximate surface area is 89.4 Å². The summed E-state index contributed by atoms with van der Waals surface area (Å²) in [5, 5.41) is 0. The molecule has 0 spiro atoms. The van der Waals surface area contributed by atoms with E-state index < -0.39 is 0 Å². The fraction of sp³-hybridized carbons (Fsp3) is 0.909. The van der Waals surface area contributed by atoms with E-state index in [9.17, 15) is 4.79 Å². The van der Waals surface area contributed by atoms with Crippen LogP contribution in [0.2, 0.25) is 0 Å². The number of hydrogen-bond donors (Lipinski definition) is 0. The van der Waals surface area contributed by atoms with E-state index in [1.165, 1.54) is 13.3 Å². The summed E-state index contributed by atoms with van der Waals surface area (Å²) in [5.41, 5.74) is 0. The Kier molecular flexibility index (Phi) is 3.58. The number of fused-ring (bicyclic) bond motifs is 2. The van der Waals surface area contributed by atoms with Gasteiger partial charge in [0.2, 0.25) is 0 Å². The summed E-state index contributed by atoms with van der Waals surface area (Å²) >= 11 is 0. The first-order valence-corrected chi connectivity index (χ1v) is 5.26. The van der Waals surface area contributed by atoms with Gasteiger partial charge in [-0.2, -0.15) is 0 Å². The molecular weight excluding hydrogens is 195 g/mol. The van der Waals surface area contributed by atoms with Crippen LogP contribution in [0.3, 0.4) is 0 Å². The minimum Gasteiger partial charge on any atom is -0.577 e. The average Bonchev–Trinajstić information content (AvgIpc) is 2.53. The zero-order valence-corrected chi connectivity index (χ0v) is 10.3. The van der Waals surface area contributed by atoms with Crippen LogP contribution in [0.25, 0.3) is 0 Å². The van der Waals surface area contributed by atoms with Crippen LogP contribution in [0, 0.1) is 23.7 Å². The molecule has 0 saturated heterocycles. The van der Waals surface area contributed by atoms with Gasteiger partial charge in [-0.3, -0.25) is 4.79 Å². The second-order valence-corrected chi connectivity index (χ2v) is 4.76. The number of ether oxygens (including phenoxy) is 1. The van der Waals surface area contributed by atoms with Crippen molar-refractivity contribution < 1.29 is 9.53 Å². The van der Waals surface area contributed by atoms with Gasteiger partial charge in [0, 0.05) is 6.92 Å². The molecule has 2 bridgehead atoms. The molecule has 2 fully saturated rings. The lowest BCUT2D eigenvalue weighted by atomic mass is 9.80. The van der Waals surface area contributed by atoms with Crippen molar-refractivity contribution in [3.63, 3.8) is 0 Å². The van der Waals surface area contributed by atoms with Gasteiger partial charge >= 0.3 is 5.97 Å². The highest BCUT2D eigenvalue weighted by atomic mass is 31.0. The third-order valence-corrected chi connectivity index (χ3v) is 4.15. The molecule has 0 aromatic rings. The molecule has 0 amide bonds. The van der Waals surface area contributed by atoms with E-state index in [0.29, 0.717) is 5.92 Å². The molecule has 5 unspecified atom stereocenters. The van der Waals surface area contributed by atoms with E-state index in [1.54, 1.807) is 0 Å². The van der Waals surface area contributed by atoms with Gasteiger partial charge < -0.3 is 14.6 Å². The minimum atomic E-state index is -0.114. The second-order valence-electron chi connectivity index (χ2n) is 4.76. The van der Waals surface area contributed by atoms with E-state index >= 15 is 0 Å². The summed E-state index contributed by atoms with van der Waals surface area (Å²) in [6.07, 6.45) is 2.62. The minimum absolute atomic E-state index is 0. The lowest BCUT2D eigenvalue weighted by Gasteiger charge is -2.30. The lowest BCUT2D eigenvalue weighted by molar-refractivity contribution is -0.150. The highest BCUT2D eigenvalue weighted by Crippen LogP contribution is 2.52. The largest absolute Gasteiger partial charge is 0.577 e. The van der Waals surface area contributed by atoms with Crippen molar-refractivity contribution in [2.45, 2.75) is 39.7 Å². The molecule has 2 aliphatic carbocycles. The van der Waals surface area contributed by atoms with E-state index in [2.05, 4.69) is 13.8 Å². The summed E-state index contributed by atoms with van der Waals surface area (Å²) in [7, 11) is 0. The Morgan fingerprint density at radius 3 is 2.29 bits per heavy atom. The van der Waals surface area contributed by atoms with Gasteiger partial charge in [-0.1, -0.05) is 13.8 Å². The molecule has 2 rings (SSSR count). The molecule has 0 N–H and O–H groups in total. The summed E-state index contributed by atoms with van der Waals surface area (Å²) in [6.45, 7) is 6.14. The molecule has 2 saturated carbocycles. The predicted molar refractivity (Wildman–Crippen MR) is 59.8 cm³/mol. The third kappa shape index (κ3) is 1.82. The van der Waals surface area contributed by atoms with Crippen molar-refractivity contribution >= 4 is 15.9 Å². The monoisotopic (exact) mass is 215 g/mol. The quantitative estimate of drug-likeness (QED) is 0.496. The number of carbonyl (C=O) groups is 1. The van der Waals surface area contributed by atoms with Gasteiger partial charge in [0.15, 0.2) is 0 Å². The molecule has 82 valence electrons. The van der Waals surface area contributed by atoms with Crippen LogP contribution in [-0.2, 0) is 9.53 Å². The van der Waals surface area contributed by atoms with Crippen LogP contribution in [0.5, 0.6) is 0 Å². The fourth-order valence-corrected chi connectivity index (χ4v) is 3.22. The summed E-state index contributed by atoms with van der Waals surface area (Å²) in [4.78, 5) is 10.8. The van der Waals surface area contributed by atoms with E-state index in [1.807, 2.05) is 0 Å². The molecule has 2 aliphatic rings. The van der Waals surface area contributed by atoms with E-state index in [0.717, 1.165) is 24.2 Å². The molecule has 0 heterocycles. The number of rotatable bonds is 1. The van der Waals surface area contributed by atoms with Crippen LogP contribution in [0.4, 0.5) is 0 Å². The normalized spacial score (nSPS) is 44.6. The lowest BCUT2D eigenvalue weighted by Crippen LogP contribution is -2.31. The molecule has 2 nitrogen and oxygen atoms in total. The molecule has 14 heavy (non-hydrogen) atoms. The van der Waals surface area contributed by atoms with Crippen LogP contribution >= 0.6 is 9.90 Å². The Bertz CT molecular complexity index is 227. The smallest absolute Gasteiger partial charge is 0.302 e. The topological polar surface area (TPSA) is 26.3 Å². The molecule has 0 aromatic carbocycles. The SMILES string of the molecule is CC(=O)OC1CC2CC1C(C)C2C.[PH2-]. The Balaban J connectivity index is 0.000000980.